The molecule has 0 unspecified atom stereocenters. The number of phenolic OH excluding ortho intramolecular Hbond substituents is 2. The van der Waals surface area contributed by atoms with Gasteiger partial charge in [0.05, 0.1) is 5.56 Å². The van der Waals surface area contributed by atoms with Gasteiger partial charge in [0.15, 0.2) is 11.5 Å². The number of aromatic hydroxyl groups is 2. The van der Waals surface area contributed by atoms with E-state index in [1.807, 2.05) is 0 Å². The average molecular weight is 203 g/mol. The summed E-state index contributed by atoms with van der Waals surface area (Å²) in [5, 5.41) is 19.8. The van der Waals surface area contributed by atoms with Crippen LogP contribution < -0.4 is 0 Å². The lowest BCUT2D eigenvalue weighted by molar-refractivity contribution is 0.101. The predicted octanol–water partition coefficient (Wildman–Crippen LogP) is 1.85. The fourth-order valence-corrected chi connectivity index (χ4v) is 1.48. The van der Waals surface area contributed by atoms with Crippen LogP contribution in [-0.2, 0) is 0 Å². The Hall–Kier alpha value is -2.10. The lowest BCUT2D eigenvalue weighted by Crippen LogP contribution is -1.94. The normalized spacial score (nSPS) is 10.5. The van der Waals surface area contributed by atoms with Crippen LogP contribution in [-0.4, -0.2) is 21.0 Å². The van der Waals surface area contributed by atoms with Crippen molar-refractivity contribution in [1.29, 1.82) is 0 Å². The van der Waals surface area contributed by atoms with Gasteiger partial charge in [-0.1, -0.05) is 0 Å². The summed E-state index contributed by atoms with van der Waals surface area (Å²) in [6.45, 7) is 1.32. The molecule has 0 aliphatic carbocycles. The average Bonchev–Trinajstić information content (AvgIpc) is 2.23. The molecule has 4 heteroatoms. The molecule has 76 valence electrons. The highest BCUT2D eigenvalue weighted by molar-refractivity contribution is 6.04. The van der Waals surface area contributed by atoms with Crippen LogP contribution in [0, 0.1) is 0 Å². The summed E-state index contributed by atoms with van der Waals surface area (Å²) in [7, 11) is 0. The van der Waals surface area contributed by atoms with Gasteiger partial charge in [-0.2, -0.15) is 0 Å². The summed E-state index contributed by atoms with van der Waals surface area (Å²) in [5.74, 6) is -0.549. The molecular weight excluding hydrogens is 194 g/mol. The molecule has 0 saturated heterocycles. The Balaban J connectivity index is 2.90. The Morgan fingerprint density at radius 1 is 1.40 bits per heavy atom. The molecule has 0 aliphatic rings. The number of pyridine rings is 1. The number of rotatable bonds is 1. The molecule has 2 aromatic rings. The van der Waals surface area contributed by atoms with Crippen molar-refractivity contribution in [2.75, 3.05) is 0 Å². The third-order valence-electron chi connectivity index (χ3n) is 2.22. The minimum absolute atomic E-state index is 0.0545. The van der Waals surface area contributed by atoms with E-state index >= 15 is 0 Å². The maximum absolute atomic E-state index is 11.2. The van der Waals surface area contributed by atoms with Crippen molar-refractivity contribution in [3.8, 4) is 11.5 Å². The fourth-order valence-electron chi connectivity index (χ4n) is 1.48. The van der Waals surface area contributed by atoms with Crippen molar-refractivity contribution >= 4 is 16.7 Å². The van der Waals surface area contributed by atoms with Crippen LogP contribution in [0.15, 0.2) is 24.4 Å². The van der Waals surface area contributed by atoms with E-state index in [0.29, 0.717) is 5.39 Å². The lowest BCUT2D eigenvalue weighted by atomic mass is 10.1. The number of aromatic nitrogens is 1. The molecule has 2 rings (SSSR count). The third-order valence-corrected chi connectivity index (χ3v) is 2.22. The second-order valence-corrected chi connectivity index (χ2v) is 3.25. The van der Waals surface area contributed by atoms with Gasteiger partial charge in [-0.3, -0.25) is 9.78 Å². The van der Waals surface area contributed by atoms with Gasteiger partial charge >= 0.3 is 0 Å². The van der Waals surface area contributed by atoms with Gasteiger partial charge in [-0.15, -0.1) is 0 Å². The zero-order valence-corrected chi connectivity index (χ0v) is 8.06. The van der Waals surface area contributed by atoms with Gasteiger partial charge in [0, 0.05) is 11.6 Å². The van der Waals surface area contributed by atoms with Crippen molar-refractivity contribution in [1.82, 2.24) is 4.98 Å². The third kappa shape index (κ3) is 1.40. The summed E-state index contributed by atoms with van der Waals surface area (Å²) < 4.78 is 0. The first kappa shape index (κ1) is 9.45. The summed E-state index contributed by atoms with van der Waals surface area (Å²) >= 11 is 0. The highest BCUT2D eigenvalue weighted by Crippen LogP contribution is 2.33. The minimum atomic E-state index is -0.310. The monoisotopic (exact) mass is 203 g/mol. The predicted molar refractivity (Wildman–Crippen MR) is 55.1 cm³/mol. The molecule has 0 atom stereocenters. The van der Waals surface area contributed by atoms with Crippen molar-refractivity contribution in [2.45, 2.75) is 6.92 Å². The Bertz CT molecular complexity index is 549. The number of benzene rings is 1. The summed E-state index contributed by atoms with van der Waals surface area (Å²) in [6, 6.07) is 4.53. The Morgan fingerprint density at radius 3 is 2.80 bits per heavy atom. The fraction of sp³-hybridized carbons (Fsp3) is 0.0909. The molecule has 1 aromatic carbocycles. The minimum Gasteiger partial charge on any atom is -0.507 e. The molecule has 0 radical (unpaired) electrons. The molecule has 15 heavy (non-hydrogen) atoms. The van der Waals surface area contributed by atoms with Gasteiger partial charge in [0.1, 0.15) is 11.3 Å². The number of hydrogen-bond acceptors (Lipinski definition) is 4. The van der Waals surface area contributed by atoms with Crippen molar-refractivity contribution < 1.29 is 15.0 Å². The highest BCUT2D eigenvalue weighted by Gasteiger charge is 2.14. The largest absolute Gasteiger partial charge is 0.507 e. The van der Waals surface area contributed by atoms with E-state index in [9.17, 15) is 15.0 Å². The Labute approximate surface area is 85.8 Å². The van der Waals surface area contributed by atoms with Crippen molar-refractivity contribution in [3.05, 3.63) is 30.0 Å². The summed E-state index contributed by atoms with van der Waals surface area (Å²) in [6.07, 6.45) is 1.49. The van der Waals surface area contributed by atoms with Crippen LogP contribution in [0.1, 0.15) is 17.3 Å². The quantitative estimate of drug-likeness (QED) is 0.548. The van der Waals surface area contributed by atoms with Gasteiger partial charge in [-0.05, 0) is 25.1 Å². The summed E-state index contributed by atoms with van der Waals surface area (Å²) in [5.41, 5.74) is 0.321. The number of ketones is 1. The topological polar surface area (TPSA) is 70.4 Å². The molecule has 0 spiro atoms. The van der Waals surface area contributed by atoms with Gasteiger partial charge in [-0.25, -0.2) is 0 Å². The van der Waals surface area contributed by atoms with Gasteiger partial charge in [0.2, 0.25) is 0 Å². The SMILES string of the molecule is CC(=O)c1cc(O)c2cccnc2c1O. The number of carbonyl (C=O) groups is 1. The van der Waals surface area contributed by atoms with E-state index in [1.165, 1.54) is 19.2 Å². The summed E-state index contributed by atoms with van der Waals surface area (Å²) in [4.78, 5) is 15.1. The number of Topliss-reactive ketones (excluding diaryl/α,β-unsaturated/α-hetero) is 1. The number of phenols is 2. The van der Waals surface area contributed by atoms with Crippen LogP contribution in [0.4, 0.5) is 0 Å². The zero-order chi connectivity index (χ0) is 11.0. The number of carbonyl (C=O) groups excluding carboxylic acids is 1. The second kappa shape index (κ2) is 3.24. The number of hydrogen-bond donors (Lipinski definition) is 2. The first-order valence-corrected chi connectivity index (χ1v) is 4.42. The molecule has 2 N–H and O–H groups in total. The lowest BCUT2D eigenvalue weighted by Gasteiger charge is -2.06. The molecule has 1 aromatic heterocycles. The van der Waals surface area contributed by atoms with Crippen LogP contribution in [0.25, 0.3) is 10.9 Å². The molecule has 1 heterocycles. The molecular formula is C11H9NO3. The molecule has 0 aliphatic heterocycles. The van der Waals surface area contributed by atoms with E-state index in [-0.39, 0.29) is 28.4 Å². The van der Waals surface area contributed by atoms with Crippen molar-refractivity contribution in [2.24, 2.45) is 0 Å². The van der Waals surface area contributed by atoms with Gasteiger partial charge < -0.3 is 10.2 Å². The van der Waals surface area contributed by atoms with E-state index in [0.717, 1.165) is 0 Å². The molecule has 0 fully saturated rings. The first-order valence-electron chi connectivity index (χ1n) is 4.42. The van der Waals surface area contributed by atoms with E-state index in [4.69, 9.17) is 0 Å². The molecule has 0 amide bonds. The molecule has 0 saturated carbocycles. The number of fused-ring (bicyclic) bond motifs is 1. The van der Waals surface area contributed by atoms with Crippen LogP contribution in [0.2, 0.25) is 0 Å². The zero-order valence-electron chi connectivity index (χ0n) is 8.06. The Morgan fingerprint density at radius 2 is 2.13 bits per heavy atom. The molecule has 0 bridgehead atoms. The van der Waals surface area contributed by atoms with E-state index in [2.05, 4.69) is 4.98 Å². The standard InChI is InChI=1S/C11H9NO3/c1-6(13)8-5-9(14)7-3-2-4-12-10(7)11(8)15/h2-5,14-15H,1H3. The van der Waals surface area contributed by atoms with E-state index in [1.54, 1.807) is 12.1 Å². The van der Waals surface area contributed by atoms with Crippen LogP contribution in [0.5, 0.6) is 11.5 Å². The number of nitrogens with zero attached hydrogens (tertiary/aromatic N) is 1. The van der Waals surface area contributed by atoms with E-state index < -0.39 is 0 Å². The maximum Gasteiger partial charge on any atom is 0.163 e. The molecule has 4 nitrogen and oxygen atoms in total. The van der Waals surface area contributed by atoms with Crippen molar-refractivity contribution in [3.63, 3.8) is 0 Å². The van der Waals surface area contributed by atoms with Gasteiger partial charge in [0.25, 0.3) is 0 Å². The second-order valence-electron chi connectivity index (χ2n) is 3.25. The van der Waals surface area contributed by atoms with Crippen LogP contribution in [0.3, 0.4) is 0 Å². The first-order chi connectivity index (χ1) is 7.11. The van der Waals surface area contributed by atoms with Crippen LogP contribution >= 0.6 is 0 Å². The maximum atomic E-state index is 11.2. The Kier molecular flexibility index (Phi) is 2.04. The smallest absolute Gasteiger partial charge is 0.163 e. The highest BCUT2D eigenvalue weighted by atomic mass is 16.3.